The van der Waals surface area contributed by atoms with Crippen LogP contribution in [0, 0.1) is 0 Å². The second kappa shape index (κ2) is 9.29. The van der Waals surface area contributed by atoms with Crippen LogP contribution in [0.3, 0.4) is 0 Å². The van der Waals surface area contributed by atoms with E-state index >= 15 is 0 Å². The quantitative estimate of drug-likeness (QED) is 0.512. The van der Waals surface area contributed by atoms with Gasteiger partial charge in [0.1, 0.15) is 0 Å². The van der Waals surface area contributed by atoms with Crippen molar-refractivity contribution in [3.8, 4) is 0 Å². The summed E-state index contributed by atoms with van der Waals surface area (Å²) in [5, 5.41) is 3.51. The van der Waals surface area contributed by atoms with E-state index in [0.717, 1.165) is 19.7 Å². The molecule has 0 heterocycles. The van der Waals surface area contributed by atoms with Crippen molar-refractivity contribution in [1.29, 1.82) is 0 Å². The van der Waals surface area contributed by atoms with Crippen LogP contribution in [0.25, 0.3) is 0 Å². The third kappa shape index (κ3) is 8.19. The Bertz CT molecular complexity index is 327. The van der Waals surface area contributed by atoms with Gasteiger partial charge in [-0.3, -0.25) is 0 Å². The molecule has 0 aromatic heterocycles. The Hall–Kier alpha value is -0.643. The molecule has 2 nitrogen and oxygen atoms in total. The van der Waals surface area contributed by atoms with Gasteiger partial charge >= 0.3 is 0 Å². The SMILES string of the molecule is CCCCO[Si](C)(C)CCCNCc1ccccc1. The number of benzene rings is 1. The molecule has 0 amide bonds. The number of unbranched alkanes of at least 4 members (excludes halogenated alkanes) is 1. The van der Waals surface area contributed by atoms with Gasteiger partial charge in [0, 0.05) is 13.2 Å². The molecule has 0 saturated carbocycles. The fourth-order valence-corrected chi connectivity index (χ4v) is 3.90. The molecule has 3 heteroatoms. The predicted octanol–water partition coefficient (Wildman–Crippen LogP) is 4.19. The number of hydrogen-bond acceptors (Lipinski definition) is 2. The number of nitrogens with one attached hydrogen (secondary N) is 1. The predicted molar refractivity (Wildman–Crippen MR) is 85.9 cm³/mol. The highest BCUT2D eigenvalue weighted by Crippen LogP contribution is 2.14. The van der Waals surface area contributed by atoms with Crippen LogP contribution in [0.1, 0.15) is 31.7 Å². The van der Waals surface area contributed by atoms with E-state index in [2.05, 4.69) is 55.7 Å². The minimum Gasteiger partial charge on any atom is -0.417 e. The average molecular weight is 279 g/mol. The molecule has 1 rings (SSSR count). The highest BCUT2D eigenvalue weighted by Gasteiger charge is 2.20. The van der Waals surface area contributed by atoms with E-state index in [1.54, 1.807) is 0 Å². The molecule has 0 saturated heterocycles. The first-order valence-electron chi connectivity index (χ1n) is 7.52. The zero-order valence-corrected chi connectivity index (χ0v) is 13.7. The second-order valence-electron chi connectivity index (χ2n) is 5.73. The molecule has 108 valence electrons. The van der Waals surface area contributed by atoms with E-state index in [1.165, 1.54) is 30.9 Å². The lowest BCUT2D eigenvalue weighted by atomic mass is 10.2. The third-order valence-electron chi connectivity index (χ3n) is 3.30. The Kier molecular flexibility index (Phi) is 8.02. The van der Waals surface area contributed by atoms with E-state index in [-0.39, 0.29) is 0 Å². The highest BCUT2D eigenvalue weighted by atomic mass is 28.4. The Morgan fingerprint density at radius 2 is 1.84 bits per heavy atom. The summed E-state index contributed by atoms with van der Waals surface area (Å²) < 4.78 is 6.05. The standard InChI is InChI=1S/C16H29NOSi/c1-4-5-13-18-19(2,3)14-9-12-17-15-16-10-7-6-8-11-16/h6-8,10-11,17H,4-5,9,12-15H2,1-3H3. The number of hydrogen-bond donors (Lipinski definition) is 1. The second-order valence-corrected chi connectivity index (χ2v) is 10.0. The van der Waals surface area contributed by atoms with E-state index in [4.69, 9.17) is 4.43 Å². The van der Waals surface area contributed by atoms with Crippen molar-refractivity contribution in [2.24, 2.45) is 0 Å². The van der Waals surface area contributed by atoms with Gasteiger partial charge in [-0.05, 0) is 44.1 Å². The molecule has 1 aromatic rings. The van der Waals surface area contributed by atoms with Gasteiger partial charge in [0.05, 0.1) is 0 Å². The van der Waals surface area contributed by atoms with Gasteiger partial charge in [-0.15, -0.1) is 0 Å². The van der Waals surface area contributed by atoms with Crippen molar-refractivity contribution in [2.75, 3.05) is 13.2 Å². The molecule has 0 aliphatic carbocycles. The lowest BCUT2D eigenvalue weighted by Gasteiger charge is -2.22. The molecule has 0 spiro atoms. The van der Waals surface area contributed by atoms with Gasteiger partial charge in [-0.1, -0.05) is 43.7 Å². The largest absolute Gasteiger partial charge is 0.417 e. The summed E-state index contributed by atoms with van der Waals surface area (Å²) in [5.74, 6) is 0. The minimum absolute atomic E-state index is 0.952. The van der Waals surface area contributed by atoms with Gasteiger partial charge in [0.25, 0.3) is 0 Å². The van der Waals surface area contributed by atoms with E-state index in [1.807, 2.05) is 0 Å². The van der Waals surface area contributed by atoms with Crippen LogP contribution in [0.15, 0.2) is 30.3 Å². The van der Waals surface area contributed by atoms with Crippen molar-refractivity contribution < 1.29 is 4.43 Å². The molecule has 19 heavy (non-hydrogen) atoms. The van der Waals surface area contributed by atoms with Crippen LogP contribution in [-0.4, -0.2) is 21.5 Å². The average Bonchev–Trinajstić information content (AvgIpc) is 2.39. The Balaban J connectivity index is 2.06. The molecule has 0 aliphatic heterocycles. The zero-order chi connectivity index (χ0) is 14.0. The van der Waals surface area contributed by atoms with Crippen LogP contribution >= 0.6 is 0 Å². The smallest absolute Gasteiger partial charge is 0.186 e. The van der Waals surface area contributed by atoms with Crippen LogP contribution in [0.2, 0.25) is 19.1 Å². The maximum Gasteiger partial charge on any atom is 0.186 e. The van der Waals surface area contributed by atoms with Crippen LogP contribution < -0.4 is 5.32 Å². The Labute approximate surface area is 119 Å². The van der Waals surface area contributed by atoms with Crippen LogP contribution in [0.5, 0.6) is 0 Å². The van der Waals surface area contributed by atoms with Crippen molar-refractivity contribution in [1.82, 2.24) is 5.32 Å². The molecular formula is C16H29NOSi. The lowest BCUT2D eigenvalue weighted by molar-refractivity contribution is 0.298. The lowest BCUT2D eigenvalue weighted by Crippen LogP contribution is -2.31. The maximum atomic E-state index is 6.05. The first kappa shape index (κ1) is 16.4. The van der Waals surface area contributed by atoms with Gasteiger partial charge in [-0.2, -0.15) is 0 Å². The molecule has 0 atom stereocenters. The van der Waals surface area contributed by atoms with Crippen molar-refractivity contribution in [3.63, 3.8) is 0 Å². The summed E-state index contributed by atoms with van der Waals surface area (Å²) in [6.45, 7) is 9.89. The molecule has 0 radical (unpaired) electrons. The normalized spacial score (nSPS) is 11.7. The summed E-state index contributed by atoms with van der Waals surface area (Å²) in [4.78, 5) is 0. The summed E-state index contributed by atoms with van der Waals surface area (Å²) in [6.07, 6.45) is 3.64. The van der Waals surface area contributed by atoms with Gasteiger partial charge < -0.3 is 9.74 Å². The van der Waals surface area contributed by atoms with E-state index in [9.17, 15) is 0 Å². The first-order valence-corrected chi connectivity index (χ1v) is 10.6. The first-order chi connectivity index (χ1) is 9.14. The molecule has 0 unspecified atom stereocenters. The molecule has 1 aromatic carbocycles. The van der Waals surface area contributed by atoms with E-state index < -0.39 is 8.32 Å². The summed E-state index contributed by atoms with van der Waals surface area (Å²) in [5.41, 5.74) is 1.36. The summed E-state index contributed by atoms with van der Waals surface area (Å²) in [7, 11) is -1.41. The molecular weight excluding hydrogens is 250 g/mol. The van der Waals surface area contributed by atoms with Gasteiger partial charge in [-0.25, -0.2) is 0 Å². The monoisotopic (exact) mass is 279 g/mol. The molecule has 0 aliphatic rings. The van der Waals surface area contributed by atoms with Gasteiger partial charge in [0.15, 0.2) is 8.32 Å². The topological polar surface area (TPSA) is 21.3 Å². The maximum absolute atomic E-state index is 6.05. The van der Waals surface area contributed by atoms with Crippen molar-refractivity contribution in [2.45, 2.75) is 51.9 Å². The molecule has 0 bridgehead atoms. The van der Waals surface area contributed by atoms with Crippen LogP contribution in [0.4, 0.5) is 0 Å². The van der Waals surface area contributed by atoms with Crippen LogP contribution in [-0.2, 0) is 11.0 Å². The minimum atomic E-state index is -1.41. The fourth-order valence-electron chi connectivity index (χ4n) is 2.03. The number of rotatable bonds is 10. The Morgan fingerprint density at radius 1 is 1.11 bits per heavy atom. The molecule has 1 N–H and O–H groups in total. The Morgan fingerprint density at radius 3 is 2.53 bits per heavy atom. The molecule has 0 fully saturated rings. The zero-order valence-electron chi connectivity index (χ0n) is 12.7. The summed E-state index contributed by atoms with van der Waals surface area (Å²) >= 11 is 0. The van der Waals surface area contributed by atoms with Crippen molar-refractivity contribution >= 4 is 8.32 Å². The highest BCUT2D eigenvalue weighted by molar-refractivity contribution is 6.71. The third-order valence-corrected chi connectivity index (χ3v) is 5.84. The van der Waals surface area contributed by atoms with Gasteiger partial charge in [0.2, 0.25) is 0 Å². The van der Waals surface area contributed by atoms with Crippen molar-refractivity contribution in [3.05, 3.63) is 35.9 Å². The van der Waals surface area contributed by atoms with E-state index in [0.29, 0.717) is 0 Å². The summed E-state index contributed by atoms with van der Waals surface area (Å²) in [6, 6.07) is 11.8. The fraction of sp³-hybridized carbons (Fsp3) is 0.625.